The molecule has 5 rings (SSSR count). The fourth-order valence-electron chi connectivity index (χ4n) is 4.51. The van der Waals surface area contributed by atoms with Crippen LogP contribution in [0.3, 0.4) is 0 Å². The number of nitrogens with zero attached hydrogens (tertiary/aromatic N) is 4. The van der Waals surface area contributed by atoms with E-state index >= 15 is 0 Å². The molecular weight excluding hydrogens is 440 g/mol. The van der Waals surface area contributed by atoms with Crippen LogP contribution in [0.25, 0.3) is 16.6 Å². The zero-order valence-corrected chi connectivity index (χ0v) is 19.6. The molecule has 4 heterocycles. The van der Waals surface area contributed by atoms with Crippen LogP contribution < -0.4 is 0 Å². The summed E-state index contributed by atoms with van der Waals surface area (Å²) in [6, 6.07) is 9.30. The Morgan fingerprint density at radius 1 is 1.06 bits per heavy atom. The summed E-state index contributed by atoms with van der Waals surface area (Å²) in [4.78, 5) is 17.7. The highest BCUT2D eigenvalue weighted by Gasteiger charge is 2.28. The van der Waals surface area contributed by atoms with Crippen molar-refractivity contribution >= 4 is 33.1 Å². The Morgan fingerprint density at radius 3 is 2.55 bits per heavy atom. The molecule has 33 heavy (non-hydrogen) atoms. The number of carbonyl (C=O) groups is 1. The maximum Gasteiger partial charge on any atom is 0.290 e. The number of rotatable bonds is 3. The topological polar surface area (TPSA) is 95.7 Å². The van der Waals surface area contributed by atoms with Crippen LogP contribution in [0.15, 0.2) is 53.7 Å². The standard InChI is InChI=1S/C23H26N4O2S.CH2O2/c1-25-12-8-18(9-13-25)20-16-27(21-6-4-11-24-23(20)21)30(28,29)22-7-3-5-17-10-14-26(2)15-19(17)22;2-1-3/h3-8,11,16H,9-10,12-15H2,1-2H3;1H,(H,2,3). The Morgan fingerprint density at radius 2 is 1.82 bits per heavy atom. The number of fused-ring (bicyclic) bond motifs is 2. The second kappa shape index (κ2) is 9.46. The second-order valence-electron chi connectivity index (χ2n) is 8.44. The summed E-state index contributed by atoms with van der Waals surface area (Å²) in [5, 5.41) is 6.89. The van der Waals surface area contributed by atoms with Crippen LogP contribution in [0, 0.1) is 0 Å². The summed E-state index contributed by atoms with van der Waals surface area (Å²) < 4.78 is 29.2. The molecule has 2 aliphatic heterocycles. The SMILES string of the molecule is CN1CC=C(c2cn(S(=O)(=O)c3cccc4c3CN(C)CC4)c3cccnc23)CC1.O=CO. The third-order valence-electron chi connectivity index (χ3n) is 6.24. The number of likely N-dealkylation sites (N-methyl/N-ethyl adjacent to an activating group) is 2. The number of benzene rings is 1. The van der Waals surface area contributed by atoms with Crippen molar-refractivity contribution in [2.45, 2.75) is 24.3 Å². The zero-order chi connectivity index (χ0) is 23.6. The molecule has 8 nitrogen and oxygen atoms in total. The fraction of sp³-hybridized carbons (Fsp3) is 0.333. The van der Waals surface area contributed by atoms with Gasteiger partial charge in [0.05, 0.1) is 15.9 Å². The van der Waals surface area contributed by atoms with Crippen LogP contribution in [0.5, 0.6) is 0 Å². The van der Waals surface area contributed by atoms with Crippen LogP contribution in [0.1, 0.15) is 23.1 Å². The second-order valence-corrected chi connectivity index (χ2v) is 10.2. The number of carboxylic acid groups (broad SMARTS) is 1. The van der Waals surface area contributed by atoms with Gasteiger partial charge in [0, 0.05) is 44.1 Å². The largest absolute Gasteiger partial charge is 0.483 e. The van der Waals surface area contributed by atoms with Gasteiger partial charge in [-0.3, -0.25) is 9.78 Å². The van der Waals surface area contributed by atoms with Gasteiger partial charge in [-0.05, 0) is 61.8 Å². The summed E-state index contributed by atoms with van der Waals surface area (Å²) >= 11 is 0. The smallest absolute Gasteiger partial charge is 0.290 e. The minimum atomic E-state index is -3.75. The van der Waals surface area contributed by atoms with Gasteiger partial charge in [0.25, 0.3) is 16.5 Å². The molecule has 174 valence electrons. The molecule has 0 unspecified atom stereocenters. The molecule has 0 radical (unpaired) electrons. The number of hydrogen-bond acceptors (Lipinski definition) is 6. The van der Waals surface area contributed by atoms with Crippen LogP contribution >= 0.6 is 0 Å². The molecule has 1 N–H and O–H groups in total. The Hall–Kier alpha value is -3.01. The van der Waals surface area contributed by atoms with Gasteiger partial charge in [-0.1, -0.05) is 18.2 Å². The average Bonchev–Trinajstić information content (AvgIpc) is 3.20. The summed E-state index contributed by atoms with van der Waals surface area (Å²) in [5.74, 6) is 0. The number of hydrogen-bond donors (Lipinski definition) is 1. The van der Waals surface area contributed by atoms with Gasteiger partial charge >= 0.3 is 0 Å². The Kier molecular flexibility index (Phi) is 6.64. The third kappa shape index (κ3) is 4.44. The number of pyridine rings is 1. The van der Waals surface area contributed by atoms with Gasteiger partial charge < -0.3 is 14.9 Å². The molecule has 0 saturated heterocycles. The van der Waals surface area contributed by atoms with E-state index < -0.39 is 10.0 Å². The van der Waals surface area contributed by atoms with Crippen molar-refractivity contribution < 1.29 is 18.3 Å². The molecule has 0 saturated carbocycles. The lowest BCUT2D eigenvalue weighted by Gasteiger charge is -2.27. The van der Waals surface area contributed by atoms with E-state index in [-0.39, 0.29) is 6.47 Å². The van der Waals surface area contributed by atoms with E-state index in [9.17, 15) is 8.42 Å². The highest BCUT2D eigenvalue weighted by Crippen LogP contribution is 2.33. The van der Waals surface area contributed by atoms with Crippen molar-refractivity contribution in [2.24, 2.45) is 0 Å². The maximum absolute atomic E-state index is 13.9. The van der Waals surface area contributed by atoms with Crippen molar-refractivity contribution in [3.05, 3.63) is 65.5 Å². The first-order valence-electron chi connectivity index (χ1n) is 10.8. The van der Waals surface area contributed by atoms with E-state index in [1.807, 2.05) is 25.2 Å². The normalized spacial score (nSPS) is 17.1. The average molecular weight is 469 g/mol. The molecule has 0 atom stereocenters. The molecular formula is C24H28N4O4S. The quantitative estimate of drug-likeness (QED) is 0.591. The van der Waals surface area contributed by atoms with Crippen LogP contribution in [0.4, 0.5) is 0 Å². The Labute approximate surface area is 193 Å². The summed E-state index contributed by atoms with van der Waals surface area (Å²) in [7, 11) is 0.379. The minimum Gasteiger partial charge on any atom is -0.483 e. The lowest BCUT2D eigenvalue weighted by Crippen LogP contribution is -2.28. The molecule has 2 aromatic heterocycles. The van der Waals surface area contributed by atoms with Gasteiger partial charge in [0.1, 0.15) is 0 Å². The lowest BCUT2D eigenvalue weighted by atomic mass is 10.0. The number of aromatic nitrogens is 2. The van der Waals surface area contributed by atoms with E-state index in [2.05, 4.69) is 27.9 Å². The van der Waals surface area contributed by atoms with Gasteiger partial charge in [-0.15, -0.1) is 0 Å². The van der Waals surface area contributed by atoms with E-state index in [1.54, 1.807) is 24.5 Å². The van der Waals surface area contributed by atoms with Crippen LogP contribution in [-0.4, -0.2) is 72.5 Å². The highest BCUT2D eigenvalue weighted by atomic mass is 32.2. The monoisotopic (exact) mass is 468 g/mol. The van der Waals surface area contributed by atoms with E-state index in [0.29, 0.717) is 17.0 Å². The molecule has 0 spiro atoms. The lowest BCUT2D eigenvalue weighted by molar-refractivity contribution is -0.122. The van der Waals surface area contributed by atoms with Gasteiger partial charge in [0.2, 0.25) is 0 Å². The first kappa shape index (κ1) is 23.2. The van der Waals surface area contributed by atoms with E-state index in [1.165, 1.54) is 9.55 Å². The molecule has 0 fully saturated rings. The molecule has 0 amide bonds. The predicted octanol–water partition coefficient (Wildman–Crippen LogP) is 2.68. The van der Waals surface area contributed by atoms with Crippen molar-refractivity contribution in [1.82, 2.24) is 18.8 Å². The molecule has 0 bridgehead atoms. The van der Waals surface area contributed by atoms with Crippen molar-refractivity contribution in [2.75, 3.05) is 33.7 Å². The Bertz CT molecular complexity index is 1310. The van der Waals surface area contributed by atoms with Gasteiger partial charge in [0.15, 0.2) is 0 Å². The van der Waals surface area contributed by atoms with Crippen molar-refractivity contribution in [3.8, 4) is 0 Å². The van der Waals surface area contributed by atoms with Gasteiger partial charge in [-0.25, -0.2) is 12.4 Å². The van der Waals surface area contributed by atoms with Gasteiger partial charge in [-0.2, -0.15) is 0 Å². The van der Waals surface area contributed by atoms with E-state index in [4.69, 9.17) is 9.90 Å². The molecule has 2 aliphatic rings. The van der Waals surface area contributed by atoms with Crippen molar-refractivity contribution in [3.63, 3.8) is 0 Å². The minimum absolute atomic E-state index is 0.250. The molecule has 3 aromatic rings. The first-order valence-corrected chi connectivity index (χ1v) is 12.3. The predicted molar refractivity (Wildman–Crippen MR) is 128 cm³/mol. The summed E-state index contributed by atoms with van der Waals surface area (Å²) in [5.41, 5.74) is 5.51. The molecule has 1 aromatic carbocycles. The summed E-state index contributed by atoms with van der Waals surface area (Å²) in [6.45, 7) is 3.16. The van der Waals surface area contributed by atoms with Crippen LogP contribution in [0.2, 0.25) is 0 Å². The van der Waals surface area contributed by atoms with Crippen molar-refractivity contribution in [1.29, 1.82) is 0 Å². The summed E-state index contributed by atoms with van der Waals surface area (Å²) in [6.07, 6.45) is 7.45. The fourth-order valence-corrected chi connectivity index (χ4v) is 6.13. The van der Waals surface area contributed by atoms with E-state index in [0.717, 1.165) is 54.7 Å². The molecule has 9 heteroatoms. The molecule has 0 aliphatic carbocycles. The third-order valence-corrected chi connectivity index (χ3v) is 8.00. The van der Waals surface area contributed by atoms with Crippen LogP contribution in [-0.2, 0) is 27.8 Å². The first-order chi connectivity index (χ1) is 15.9. The zero-order valence-electron chi connectivity index (χ0n) is 18.8. The Balaban J connectivity index is 0.000000821. The maximum atomic E-state index is 13.9. The highest BCUT2D eigenvalue weighted by molar-refractivity contribution is 7.90.